The largest absolute Gasteiger partial charge is 0.365 e. The number of ether oxygens (including phenoxy) is 2. The lowest BCUT2D eigenvalue weighted by molar-refractivity contribution is 0.0354. The highest BCUT2D eigenvalue weighted by atomic mass is 16.5. The number of hydrogen-bond donors (Lipinski definition) is 0. The Morgan fingerprint density at radius 3 is 2.75 bits per heavy atom. The molecule has 2 heteroatoms. The van der Waals surface area contributed by atoms with Gasteiger partial charge in [-0.05, 0) is 0 Å². The van der Waals surface area contributed by atoms with Crippen molar-refractivity contribution in [3.05, 3.63) is 12.7 Å². The first-order valence-corrected chi connectivity index (χ1v) is 3.55. The van der Waals surface area contributed by atoms with Gasteiger partial charge in [-0.25, -0.2) is 0 Å². The van der Waals surface area contributed by atoms with Crippen LogP contribution in [0.15, 0.2) is 12.7 Å². The summed E-state index contributed by atoms with van der Waals surface area (Å²) in [6.45, 7) is 4.51. The van der Waals surface area contributed by atoms with Gasteiger partial charge in [0, 0.05) is 0 Å². The lowest BCUT2D eigenvalue weighted by Crippen LogP contribution is -2.18. The molecule has 0 saturated carbocycles. The van der Waals surface area contributed by atoms with E-state index < -0.39 is 0 Å². The monoisotopic (exact) mass is 164 g/mol. The van der Waals surface area contributed by atoms with E-state index in [-0.39, 0.29) is 12.7 Å². The molecule has 0 aromatic heterocycles. The van der Waals surface area contributed by atoms with E-state index in [4.69, 9.17) is 22.3 Å². The summed E-state index contributed by atoms with van der Waals surface area (Å²) in [4.78, 5) is 0. The zero-order valence-electron chi connectivity index (χ0n) is 6.95. The van der Waals surface area contributed by atoms with Gasteiger partial charge in [0.2, 0.25) is 0 Å². The third-order valence-electron chi connectivity index (χ3n) is 1.06. The summed E-state index contributed by atoms with van der Waals surface area (Å²) in [6.07, 6.45) is 11.4. The molecule has 0 aliphatic rings. The molecule has 12 heavy (non-hydrogen) atoms. The van der Waals surface area contributed by atoms with Crippen molar-refractivity contribution in [3.63, 3.8) is 0 Å². The molecule has 0 aromatic rings. The van der Waals surface area contributed by atoms with Crippen LogP contribution in [0.25, 0.3) is 0 Å². The SMILES string of the molecule is C#CCOCC(C#C)OCC=C. The molecule has 0 aliphatic heterocycles. The standard InChI is InChI=1S/C10H12O2/c1-4-7-11-9-10(6-3)12-8-5-2/h1,3,5,10H,2,7-9H2. The van der Waals surface area contributed by atoms with E-state index in [9.17, 15) is 0 Å². The number of hydrogen-bond acceptors (Lipinski definition) is 2. The lowest BCUT2D eigenvalue weighted by Gasteiger charge is -2.09. The third kappa shape index (κ3) is 5.56. The third-order valence-corrected chi connectivity index (χ3v) is 1.06. The predicted molar refractivity (Wildman–Crippen MR) is 48.4 cm³/mol. The second-order valence-corrected chi connectivity index (χ2v) is 2.00. The lowest BCUT2D eigenvalue weighted by atomic mass is 10.4. The van der Waals surface area contributed by atoms with E-state index in [0.29, 0.717) is 13.2 Å². The molecule has 0 rings (SSSR count). The van der Waals surface area contributed by atoms with Crippen molar-refractivity contribution in [2.24, 2.45) is 0 Å². The zero-order chi connectivity index (χ0) is 9.23. The van der Waals surface area contributed by atoms with Gasteiger partial charge in [0.25, 0.3) is 0 Å². The highest BCUT2D eigenvalue weighted by Crippen LogP contribution is 1.91. The molecule has 0 N–H and O–H groups in total. The summed E-state index contributed by atoms with van der Waals surface area (Å²) in [5, 5.41) is 0. The van der Waals surface area contributed by atoms with Crippen LogP contribution in [0.3, 0.4) is 0 Å². The van der Waals surface area contributed by atoms with Crippen LogP contribution in [0.2, 0.25) is 0 Å². The number of terminal acetylenes is 2. The van der Waals surface area contributed by atoms with Crippen LogP contribution >= 0.6 is 0 Å². The molecule has 64 valence electrons. The molecule has 1 unspecified atom stereocenters. The minimum Gasteiger partial charge on any atom is -0.365 e. The maximum Gasteiger partial charge on any atom is 0.141 e. The van der Waals surface area contributed by atoms with E-state index in [1.165, 1.54) is 0 Å². The molecule has 0 fully saturated rings. The van der Waals surface area contributed by atoms with Gasteiger partial charge in [-0.2, -0.15) is 0 Å². The first-order chi connectivity index (χ1) is 5.85. The molecule has 0 saturated heterocycles. The van der Waals surface area contributed by atoms with Gasteiger partial charge in [-0.1, -0.05) is 17.9 Å². The van der Waals surface area contributed by atoms with Gasteiger partial charge in [0.15, 0.2) is 0 Å². The molecule has 0 aliphatic carbocycles. The molecular formula is C10H12O2. The van der Waals surface area contributed by atoms with Gasteiger partial charge in [0.05, 0.1) is 13.2 Å². The van der Waals surface area contributed by atoms with E-state index in [2.05, 4.69) is 18.4 Å². The van der Waals surface area contributed by atoms with Crippen molar-refractivity contribution >= 4 is 0 Å². The van der Waals surface area contributed by atoms with Crippen LogP contribution in [0.5, 0.6) is 0 Å². The minimum absolute atomic E-state index is 0.260. The minimum atomic E-state index is -0.337. The average Bonchev–Trinajstić information content (AvgIpc) is 2.11. The second kappa shape index (κ2) is 7.88. The fraction of sp³-hybridized carbons (Fsp3) is 0.400. The van der Waals surface area contributed by atoms with E-state index in [0.717, 1.165) is 0 Å². The fourth-order valence-electron chi connectivity index (χ4n) is 0.553. The van der Waals surface area contributed by atoms with Gasteiger partial charge in [-0.15, -0.1) is 19.4 Å². The smallest absolute Gasteiger partial charge is 0.141 e. The van der Waals surface area contributed by atoms with Crippen LogP contribution in [-0.4, -0.2) is 25.9 Å². The van der Waals surface area contributed by atoms with Gasteiger partial charge in [-0.3, -0.25) is 0 Å². The summed E-state index contributed by atoms with van der Waals surface area (Å²) >= 11 is 0. The number of rotatable bonds is 6. The van der Waals surface area contributed by atoms with Crippen molar-refractivity contribution in [1.82, 2.24) is 0 Å². The van der Waals surface area contributed by atoms with E-state index in [1.54, 1.807) is 6.08 Å². The highest BCUT2D eigenvalue weighted by Gasteiger charge is 2.02. The quantitative estimate of drug-likeness (QED) is 0.329. The summed E-state index contributed by atoms with van der Waals surface area (Å²) in [5.41, 5.74) is 0. The van der Waals surface area contributed by atoms with Crippen molar-refractivity contribution in [3.8, 4) is 24.7 Å². The fourth-order valence-corrected chi connectivity index (χ4v) is 0.553. The first-order valence-electron chi connectivity index (χ1n) is 3.55. The maximum atomic E-state index is 5.15. The molecule has 0 heterocycles. The van der Waals surface area contributed by atoms with Crippen LogP contribution in [0.1, 0.15) is 0 Å². The van der Waals surface area contributed by atoms with E-state index in [1.807, 2.05) is 0 Å². The molecule has 0 aromatic carbocycles. The molecule has 0 amide bonds. The molecule has 0 bridgehead atoms. The molecule has 2 nitrogen and oxygen atoms in total. The summed E-state index contributed by atoms with van der Waals surface area (Å²) in [7, 11) is 0. The van der Waals surface area contributed by atoms with Gasteiger partial charge < -0.3 is 9.47 Å². The predicted octanol–water partition coefficient (Wildman–Crippen LogP) is 0.841. The Balaban J connectivity index is 3.49. The normalized spacial score (nSPS) is 11.2. The molecular weight excluding hydrogens is 152 g/mol. The second-order valence-electron chi connectivity index (χ2n) is 2.00. The van der Waals surface area contributed by atoms with Crippen molar-refractivity contribution < 1.29 is 9.47 Å². The van der Waals surface area contributed by atoms with Crippen molar-refractivity contribution in [1.29, 1.82) is 0 Å². The Bertz CT molecular complexity index is 195. The average molecular weight is 164 g/mol. The van der Waals surface area contributed by atoms with Crippen LogP contribution < -0.4 is 0 Å². The molecule has 0 radical (unpaired) electrons. The summed E-state index contributed by atoms with van der Waals surface area (Å²) in [5.74, 6) is 4.77. The van der Waals surface area contributed by atoms with Gasteiger partial charge >= 0.3 is 0 Å². The Morgan fingerprint density at radius 2 is 2.25 bits per heavy atom. The van der Waals surface area contributed by atoms with Gasteiger partial charge in [0.1, 0.15) is 12.7 Å². The summed E-state index contributed by atoms with van der Waals surface area (Å²) in [6, 6.07) is 0. The highest BCUT2D eigenvalue weighted by molar-refractivity contribution is 4.95. The Hall–Kier alpha value is -1.22. The zero-order valence-corrected chi connectivity index (χ0v) is 6.95. The first kappa shape index (κ1) is 10.8. The Labute approximate surface area is 73.6 Å². The maximum absolute atomic E-state index is 5.15. The Kier molecular flexibility index (Phi) is 7.08. The van der Waals surface area contributed by atoms with Crippen LogP contribution in [-0.2, 0) is 9.47 Å². The van der Waals surface area contributed by atoms with Crippen LogP contribution in [0.4, 0.5) is 0 Å². The van der Waals surface area contributed by atoms with E-state index >= 15 is 0 Å². The molecule has 0 spiro atoms. The van der Waals surface area contributed by atoms with Crippen molar-refractivity contribution in [2.75, 3.05) is 19.8 Å². The molecule has 1 atom stereocenters. The topological polar surface area (TPSA) is 18.5 Å². The Morgan fingerprint density at radius 1 is 1.50 bits per heavy atom. The van der Waals surface area contributed by atoms with Crippen molar-refractivity contribution in [2.45, 2.75) is 6.10 Å². The van der Waals surface area contributed by atoms with Crippen LogP contribution in [0, 0.1) is 24.7 Å². The summed E-state index contributed by atoms with van der Waals surface area (Å²) < 4.78 is 10.1.